The van der Waals surface area contributed by atoms with E-state index in [1.807, 2.05) is 13.0 Å². The molecule has 0 unspecified atom stereocenters. The van der Waals surface area contributed by atoms with Crippen LogP contribution in [0.3, 0.4) is 0 Å². The second kappa shape index (κ2) is 10.1. The van der Waals surface area contributed by atoms with E-state index in [0.29, 0.717) is 12.3 Å². The van der Waals surface area contributed by atoms with Crippen LogP contribution in [0.4, 0.5) is 9.18 Å². The third-order valence-corrected chi connectivity index (χ3v) is 7.15. The Morgan fingerprint density at radius 2 is 1.87 bits per heavy atom. The van der Waals surface area contributed by atoms with Crippen molar-refractivity contribution in [2.45, 2.75) is 69.2 Å². The van der Waals surface area contributed by atoms with Crippen LogP contribution in [0.15, 0.2) is 30.3 Å². The van der Waals surface area contributed by atoms with Crippen LogP contribution in [0.2, 0.25) is 0 Å². The lowest BCUT2D eigenvalue weighted by molar-refractivity contribution is -0.00861. The van der Waals surface area contributed by atoms with E-state index in [2.05, 4.69) is 29.0 Å². The van der Waals surface area contributed by atoms with Gasteiger partial charge >= 0.3 is 6.09 Å². The molecule has 2 fully saturated rings. The Morgan fingerprint density at radius 3 is 2.47 bits per heavy atom. The minimum Gasteiger partial charge on any atom is -0.453 e. The molecule has 3 rings (SSSR count). The number of alkyl halides is 1. The van der Waals surface area contributed by atoms with E-state index < -0.39 is 34.2 Å². The summed E-state index contributed by atoms with van der Waals surface area (Å²) < 4.78 is 49.8. The summed E-state index contributed by atoms with van der Waals surface area (Å²) in [7, 11) is -2.76. The largest absolute Gasteiger partial charge is 0.453 e. The van der Waals surface area contributed by atoms with Crippen LogP contribution >= 0.6 is 0 Å². The molecule has 9 heteroatoms. The number of benzene rings is 1. The molecule has 1 aromatic carbocycles. The molecule has 168 valence electrons. The lowest BCUT2D eigenvalue weighted by atomic mass is 9.83. The maximum absolute atomic E-state index is 12.8. The lowest BCUT2D eigenvalue weighted by Gasteiger charge is -2.33. The number of hydrogen-bond acceptors (Lipinski definition) is 5. The molecule has 1 saturated heterocycles. The Balaban J connectivity index is 1.61. The Morgan fingerprint density at radius 1 is 1.20 bits per heavy atom. The zero-order chi connectivity index (χ0) is 21.7. The lowest BCUT2D eigenvalue weighted by Crippen LogP contribution is -2.50. The minimum absolute atomic E-state index is 0.0544. The van der Waals surface area contributed by atoms with E-state index in [9.17, 15) is 17.6 Å². The van der Waals surface area contributed by atoms with Crippen molar-refractivity contribution in [1.82, 2.24) is 9.62 Å². The van der Waals surface area contributed by atoms with Crippen molar-refractivity contribution in [1.29, 1.82) is 0 Å². The van der Waals surface area contributed by atoms with Crippen LogP contribution in [-0.4, -0.2) is 63.4 Å². The van der Waals surface area contributed by atoms with Crippen LogP contribution < -0.4 is 4.72 Å². The third-order valence-electron chi connectivity index (χ3n) is 6.20. The number of carbonyl (C=O) groups is 1. The van der Waals surface area contributed by atoms with E-state index in [-0.39, 0.29) is 18.8 Å². The van der Waals surface area contributed by atoms with Gasteiger partial charge in [0.2, 0.25) is 16.0 Å². The van der Waals surface area contributed by atoms with E-state index in [4.69, 9.17) is 9.47 Å². The number of nitrogens with one attached hydrogen (secondary N) is 1. The van der Waals surface area contributed by atoms with Gasteiger partial charge in [0, 0.05) is 12.1 Å². The van der Waals surface area contributed by atoms with Gasteiger partial charge in [-0.25, -0.2) is 22.3 Å². The maximum atomic E-state index is 12.8. The Labute approximate surface area is 178 Å². The van der Waals surface area contributed by atoms with Gasteiger partial charge in [-0.2, -0.15) is 0 Å². The highest BCUT2D eigenvalue weighted by Crippen LogP contribution is 2.34. The van der Waals surface area contributed by atoms with E-state index >= 15 is 0 Å². The van der Waals surface area contributed by atoms with Crippen molar-refractivity contribution < 1.29 is 27.1 Å². The highest BCUT2D eigenvalue weighted by Gasteiger charge is 2.44. The molecule has 1 aromatic rings. The fourth-order valence-corrected chi connectivity index (χ4v) is 5.47. The molecule has 1 heterocycles. The molecule has 3 atom stereocenters. The third kappa shape index (κ3) is 5.50. The van der Waals surface area contributed by atoms with Gasteiger partial charge in [-0.05, 0) is 50.5 Å². The number of amides is 1. The predicted octanol–water partition coefficient (Wildman–Crippen LogP) is 3.17. The van der Waals surface area contributed by atoms with Gasteiger partial charge in [0.15, 0.2) is 0 Å². The number of nitrogens with zero attached hydrogens (tertiary/aromatic N) is 1. The first-order valence-corrected chi connectivity index (χ1v) is 12.1. The molecule has 1 aliphatic carbocycles. The summed E-state index contributed by atoms with van der Waals surface area (Å²) in [6, 6.07) is 7.55. The number of likely N-dealkylation sites (tertiary alicyclic amines) is 1. The highest BCUT2D eigenvalue weighted by atomic mass is 32.2. The highest BCUT2D eigenvalue weighted by molar-refractivity contribution is 7.89. The molecular weight excluding hydrogens is 411 g/mol. The van der Waals surface area contributed by atoms with Crippen molar-refractivity contribution in [3.05, 3.63) is 35.9 Å². The Kier molecular flexibility index (Phi) is 7.70. The van der Waals surface area contributed by atoms with Crippen molar-refractivity contribution in [3.63, 3.8) is 0 Å². The molecule has 1 amide bonds. The Hall–Kier alpha value is -1.71. The van der Waals surface area contributed by atoms with E-state index in [1.54, 1.807) is 0 Å². The molecule has 1 N–H and O–H groups in total. The number of halogens is 1. The number of methoxy groups -OCH3 is 1. The summed E-state index contributed by atoms with van der Waals surface area (Å²) in [6.07, 6.45) is 3.75. The standard InChI is InChI=1S/C21H31FN2O5S/c1-15-12-19(23-30(26,27)14-22)20(24(15)21(25)28-2)13-29-18-10-8-17(9-11-18)16-6-4-3-5-7-16/h3-7,15,17-20,23H,8-14H2,1-2H3/t15-,17?,18?,19+,20+/m1/s1. The molecule has 1 aliphatic heterocycles. The summed E-state index contributed by atoms with van der Waals surface area (Å²) in [5.74, 6) is 0.522. The molecule has 0 radical (unpaired) electrons. The monoisotopic (exact) mass is 442 g/mol. The topological polar surface area (TPSA) is 84.9 Å². The van der Waals surface area contributed by atoms with Crippen LogP contribution in [0.25, 0.3) is 0 Å². The molecule has 0 aromatic heterocycles. The molecule has 30 heavy (non-hydrogen) atoms. The fourth-order valence-electron chi connectivity index (χ4n) is 4.69. The average molecular weight is 443 g/mol. The molecule has 0 spiro atoms. The summed E-state index contributed by atoms with van der Waals surface area (Å²) in [4.78, 5) is 13.8. The normalized spacial score (nSPS) is 29.7. The van der Waals surface area contributed by atoms with Gasteiger partial charge in [0.1, 0.15) is 0 Å². The quantitative estimate of drug-likeness (QED) is 0.701. The van der Waals surface area contributed by atoms with Crippen molar-refractivity contribution in [2.75, 3.05) is 19.7 Å². The van der Waals surface area contributed by atoms with Crippen LogP contribution in [0.5, 0.6) is 0 Å². The second-order valence-corrected chi connectivity index (χ2v) is 9.88. The molecule has 0 bridgehead atoms. The van der Waals surface area contributed by atoms with Crippen molar-refractivity contribution in [3.8, 4) is 0 Å². The van der Waals surface area contributed by atoms with Gasteiger partial charge in [-0.15, -0.1) is 0 Å². The molecule has 2 aliphatic rings. The fraction of sp³-hybridized carbons (Fsp3) is 0.667. The van der Waals surface area contributed by atoms with Crippen LogP contribution in [0, 0.1) is 0 Å². The molecule has 7 nitrogen and oxygen atoms in total. The average Bonchev–Trinajstić information content (AvgIpc) is 3.06. The summed E-state index contributed by atoms with van der Waals surface area (Å²) in [5.41, 5.74) is 1.35. The first-order valence-electron chi connectivity index (χ1n) is 10.4. The minimum atomic E-state index is -4.05. The van der Waals surface area contributed by atoms with Gasteiger partial charge in [-0.3, -0.25) is 4.90 Å². The number of rotatable bonds is 7. The summed E-state index contributed by atoms with van der Waals surface area (Å²) in [5, 5.41) is 0. The van der Waals surface area contributed by atoms with E-state index in [0.717, 1.165) is 25.7 Å². The number of sulfonamides is 1. The summed E-state index contributed by atoms with van der Waals surface area (Å²) >= 11 is 0. The zero-order valence-electron chi connectivity index (χ0n) is 17.5. The smallest absolute Gasteiger partial charge is 0.410 e. The number of ether oxygens (including phenoxy) is 2. The summed E-state index contributed by atoms with van der Waals surface area (Å²) in [6.45, 7) is 2.00. The predicted molar refractivity (Wildman–Crippen MR) is 111 cm³/mol. The van der Waals surface area contributed by atoms with Gasteiger partial charge in [0.05, 0.1) is 25.9 Å². The molecular formula is C21H31FN2O5S. The van der Waals surface area contributed by atoms with Crippen molar-refractivity contribution >= 4 is 16.1 Å². The van der Waals surface area contributed by atoms with Crippen LogP contribution in [0.1, 0.15) is 50.5 Å². The van der Waals surface area contributed by atoms with Crippen LogP contribution in [-0.2, 0) is 19.5 Å². The van der Waals surface area contributed by atoms with Gasteiger partial charge in [0.25, 0.3) is 0 Å². The first-order chi connectivity index (χ1) is 14.3. The van der Waals surface area contributed by atoms with Gasteiger partial charge in [-0.1, -0.05) is 30.3 Å². The maximum Gasteiger partial charge on any atom is 0.410 e. The zero-order valence-corrected chi connectivity index (χ0v) is 18.3. The second-order valence-electron chi connectivity index (χ2n) is 8.20. The number of hydrogen-bond donors (Lipinski definition) is 1. The van der Waals surface area contributed by atoms with E-state index in [1.165, 1.54) is 17.6 Å². The SMILES string of the molecule is COC(=O)N1[C@H](C)C[C@H](NS(=O)(=O)CF)[C@@H]1COC1CCC(c2ccccc2)CC1. The first kappa shape index (κ1) is 23.0. The Bertz CT molecular complexity index is 799. The van der Waals surface area contributed by atoms with Crippen molar-refractivity contribution in [2.24, 2.45) is 0 Å². The number of carbonyl (C=O) groups excluding carboxylic acids is 1. The van der Waals surface area contributed by atoms with Gasteiger partial charge < -0.3 is 9.47 Å². The molecule has 1 saturated carbocycles.